The first-order valence-electron chi connectivity index (χ1n) is 5.78. The molecule has 7 heteroatoms. The Morgan fingerprint density at radius 2 is 1.85 bits per heavy atom. The first kappa shape index (κ1) is 14.6. The van der Waals surface area contributed by atoms with Crippen LogP contribution >= 0.6 is 11.6 Å². The number of hydrogen-bond acceptors (Lipinski definition) is 3. The molecule has 0 aliphatic heterocycles. The molecule has 0 radical (unpaired) electrons. The van der Waals surface area contributed by atoms with Gasteiger partial charge < -0.3 is 5.32 Å². The lowest BCUT2D eigenvalue weighted by Gasteiger charge is -2.17. The molecule has 1 heterocycles. The number of aromatic nitrogens is 2. The number of nitrogens with one attached hydrogen (secondary N) is 1. The van der Waals surface area contributed by atoms with Gasteiger partial charge in [0.25, 0.3) is 0 Å². The fourth-order valence-electron chi connectivity index (χ4n) is 1.64. The lowest BCUT2D eigenvalue weighted by atomic mass is 10.1. The van der Waals surface area contributed by atoms with Gasteiger partial charge in [0.05, 0.1) is 6.04 Å². The molecule has 1 aromatic carbocycles. The Bertz CT molecular complexity index is 560. The van der Waals surface area contributed by atoms with Gasteiger partial charge in [-0.15, -0.1) is 11.6 Å². The van der Waals surface area contributed by atoms with Crippen molar-refractivity contribution < 1.29 is 13.2 Å². The summed E-state index contributed by atoms with van der Waals surface area (Å²) in [7, 11) is 0. The van der Waals surface area contributed by atoms with Gasteiger partial charge in [-0.3, -0.25) is 0 Å². The lowest BCUT2D eigenvalue weighted by molar-refractivity contribution is -0.141. The third kappa shape index (κ3) is 3.60. The second kappa shape index (κ2) is 6.09. The van der Waals surface area contributed by atoms with Gasteiger partial charge in [0, 0.05) is 12.1 Å². The van der Waals surface area contributed by atoms with Crippen LogP contribution in [0.1, 0.15) is 17.3 Å². The zero-order chi connectivity index (χ0) is 14.6. The summed E-state index contributed by atoms with van der Waals surface area (Å²) in [6, 6.07) is 9.61. The monoisotopic (exact) mass is 301 g/mol. The average Bonchev–Trinajstić information content (AvgIpc) is 2.45. The summed E-state index contributed by atoms with van der Waals surface area (Å²) >= 11 is 5.84. The molecule has 0 bridgehead atoms. The highest BCUT2D eigenvalue weighted by atomic mass is 35.5. The van der Waals surface area contributed by atoms with Crippen molar-refractivity contribution in [2.75, 3.05) is 11.2 Å². The predicted molar refractivity (Wildman–Crippen MR) is 70.6 cm³/mol. The van der Waals surface area contributed by atoms with Gasteiger partial charge in [-0.2, -0.15) is 13.2 Å². The maximum Gasteiger partial charge on any atom is 0.433 e. The molecule has 0 saturated carbocycles. The number of hydrogen-bond donors (Lipinski definition) is 1. The van der Waals surface area contributed by atoms with Gasteiger partial charge in [-0.25, -0.2) is 9.97 Å². The average molecular weight is 302 g/mol. The van der Waals surface area contributed by atoms with Crippen LogP contribution in [0.3, 0.4) is 0 Å². The van der Waals surface area contributed by atoms with Crippen molar-refractivity contribution in [1.82, 2.24) is 9.97 Å². The van der Waals surface area contributed by atoms with Crippen LogP contribution in [0, 0.1) is 0 Å². The Kier molecular flexibility index (Phi) is 4.44. The molecular weight excluding hydrogens is 291 g/mol. The van der Waals surface area contributed by atoms with Crippen LogP contribution in [-0.4, -0.2) is 15.8 Å². The van der Waals surface area contributed by atoms with Crippen LogP contribution in [0.5, 0.6) is 0 Å². The molecule has 106 valence electrons. The van der Waals surface area contributed by atoms with E-state index in [4.69, 9.17) is 11.6 Å². The maximum atomic E-state index is 12.6. The molecule has 20 heavy (non-hydrogen) atoms. The van der Waals surface area contributed by atoms with Crippen LogP contribution in [0.4, 0.5) is 19.1 Å². The predicted octanol–water partition coefficient (Wildman–Crippen LogP) is 3.89. The summed E-state index contributed by atoms with van der Waals surface area (Å²) in [5.41, 5.74) is -0.139. The van der Waals surface area contributed by atoms with E-state index in [-0.39, 0.29) is 17.9 Å². The van der Waals surface area contributed by atoms with Crippen LogP contribution in [0.25, 0.3) is 0 Å². The van der Waals surface area contributed by atoms with E-state index < -0.39 is 11.9 Å². The molecule has 0 aliphatic carbocycles. The third-order valence-electron chi connectivity index (χ3n) is 2.61. The molecule has 1 atom stereocenters. The van der Waals surface area contributed by atoms with E-state index in [1.54, 1.807) is 0 Å². The van der Waals surface area contributed by atoms with Crippen LogP contribution in [-0.2, 0) is 6.18 Å². The zero-order valence-electron chi connectivity index (χ0n) is 10.2. The Balaban J connectivity index is 2.20. The highest BCUT2D eigenvalue weighted by molar-refractivity contribution is 6.18. The van der Waals surface area contributed by atoms with Gasteiger partial charge in [0.2, 0.25) is 5.95 Å². The van der Waals surface area contributed by atoms with Crippen LogP contribution in [0.15, 0.2) is 42.6 Å². The maximum absolute atomic E-state index is 12.6. The van der Waals surface area contributed by atoms with Gasteiger partial charge in [-0.1, -0.05) is 30.3 Å². The number of rotatable bonds is 4. The van der Waals surface area contributed by atoms with Gasteiger partial charge in [0.1, 0.15) is 5.69 Å². The van der Waals surface area contributed by atoms with Crippen molar-refractivity contribution in [2.24, 2.45) is 0 Å². The molecular formula is C13H11ClF3N3. The van der Waals surface area contributed by atoms with Crippen molar-refractivity contribution in [3.63, 3.8) is 0 Å². The highest BCUT2D eigenvalue weighted by Crippen LogP contribution is 2.28. The number of nitrogens with zero attached hydrogens (tertiary/aromatic N) is 2. The van der Waals surface area contributed by atoms with Gasteiger partial charge >= 0.3 is 6.18 Å². The Morgan fingerprint density at radius 1 is 1.15 bits per heavy atom. The van der Waals surface area contributed by atoms with E-state index in [0.29, 0.717) is 0 Å². The zero-order valence-corrected chi connectivity index (χ0v) is 11.0. The van der Waals surface area contributed by atoms with E-state index in [0.717, 1.165) is 17.8 Å². The minimum Gasteiger partial charge on any atom is -0.346 e. The molecule has 0 aliphatic rings. The van der Waals surface area contributed by atoms with Crippen molar-refractivity contribution in [2.45, 2.75) is 12.2 Å². The van der Waals surface area contributed by atoms with E-state index in [9.17, 15) is 13.2 Å². The number of benzene rings is 1. The normalized spacial score (nSPS) is 13.0. The molecule has 0 spiro atoms. The van der Waals surface area contributed by atoms with E-state index in [1.807, 2.05) is 30.3 Å². The van der Waals surface area contributed by atoms with E-state index in [1.165, 1.54) is 0 Å². The summed E-state index contributed by atoms with van der Waals surface area (Å²) < 4.78 is 37.7. The highest BCUT2D eigenvalue weighted by Gasteiger charge is 2.32. The largest absolute Gasteiger partial charge is 0.433 e. The Morgan fingerprint density at radius 3 is 2.45 bits per heavy atom. The SMILES string of the molecule is FC(F)(F)c1ccnc(NC(CCl)c2ccccc2)n1. The standard InChI is InChI=1S/C13H11ClF3N3/c14-8-10(9-4-2-1-3-5-9)19-12-18-7-6-11(20-12)13(15,16)17/h1-7,10H,8H2,(H,18,19,20). The third-order valence-corrected chi connectivity index (χ3v) is 2.91. The molecule has 1 unspecified atom stereocenters. The first-order valence-corrected chi connectivity index (χ1v) is 6.32. The van der Waals surface area contributed by atoms with Crippen molar-refractivity contribution in [1.29, 1.82) is 0 Å². The summed E-state index contributed by atoms with van der Waals surface area (Å²) in [6.07, 6.45) is -3.43. The lowest BCUT2D eigenvalue weighted by Crippen LogP contribution is -2.16. The Labute approximate surface area is 118 Å². The quantitative estimate of drug-likeness (QED) is 0.871. The van der Waals surface area contributed by atoms with Gasteiger partial charge in [-0.05, 0) is 11.6 Å². The minimum atomic E-state index is -4.50. The fourth-order valence-corrected chi connectivity index (χ4v) is 1.89. The molecule has 0 saturated heterocycles. The second-order valence-corrected chi connectivity index (χ2v) is 4.33. The smallest absolute Gasteiger partial charge is 0.346 e. The fraction of sp³-hybridized carbons (Fsp3) is 0.231. The van der Waals surface area contributed by atoms with Crippen LogP contribution < -0.4 is 5.32 Å². The van der Waals surface area contributed by atoms with E-state index >= 15 is 0 Å². The second-order valence-electron chi connectivity index (χ2n) is 4.03. The summed E-state index contributed by atoms with van der Waals surface area (Å²) in [6.45, 7) is 0. The topological polar surface area (TPSA) is 37.8 Å². The molecule has 3 nitrogen and oxygen atoms in total. The summed E-state index contributed by atoms with van der Waals surface area (Å²) in [5, 5.41) is 2.80. The van der Waals surface area contributed by atoms with Crippen LogP contribution in [0.2, 0.25) is 0 Å². The molecule has 1 N–H and O–H groups in total. The van der Waals surface area contributed by atoms with Crippen molar-refractivity contribution >= 4 is 17.5 Å². The van der Waals surface area contributed by atoms with Gasteiger partial charge in [0.15, 0.2) is 0 Å². The summed E-state index contributed by atoms with van der Waals surface area (Å²) in [5.74, 6) is 0.0817. The molecule has 0 amide bonds. The minimum absolute atomic E-state index is 0.102. The molecule has 2 rings (SSSR count). The Hall–Kier alpha value is -1.82. The first-order chi connectivity index (χ1) is 9.50. The van der Waals surface area contributed by atoms with E-state index in [2.05, 4.69) is 15.3 Å². The van der Waals surface area contributed by atoms with Crippen molar-refractivity contribution in [3.05, 3.63) is 53.9 Å². The van der Waals surface area contributed by atoms with Crippen molar-refractivity contribution in [3.8, 4) is 0 Å². The number of alkyl halides is 4. The number of anilines is 1. The molecule has 1 aromatic heterocycles. The molecule has 2 aromatic rings. The number of halogens is 4. The molecule has 0 fully saturated rings. The summed E-state index contributed by atoms with van der Waals surface area (Å²) in [4.78, 5) is 7.24.